The smallest absolute Gasteiger partial charge is 0.410 e. The quantitative estimate of drug-likeness (QED) is 0.673. The molecule has 0 aliphatic heterocycles. The van der Waals surface area contributed by atoms with E-state index < -0.39 is 5.60 Å². The van der Waals surface area contributed by atoms with Crippen molar-refractivity contribution in [3.8, 4) is 0 Å². The van der Waals surface area contributed by atoms with E-state index in [2.05, 4.69) is 13.5 Å². The van der Waals surface area contributed by atoms with Gasteiger partial charge in [-0.3, -0.25) is 0 Å². The minimum atomic E-state index is -0.422. The lowest BCUT2D eigenvalue weighted by Gasteiger charge is -2.29. The summed E-state index contributed by atoms with van der Waals surface area (Å²) in [6, 6.07) is 0. The van der Waals surface area contributed by atoms with E-state index in [-0.39, 0.29) is 6.09 Å². The monoisotopic (exact) mass is 253 g/mol. The number of carbonyl (C=O) groups is 1. The predicted octanol–water partition coefficient (Wildman–Crippen LogP) is 3.85. The summed E-state index contributed by atoms with van der Waals surface area (Å²) in [5, 5.41) is 0. The van der Waals surface area contributed by atoms with Crippen molar-refractivity contribution in [3.05, 3.63) is 12.7 Å². The molecule has 1 amide bonds. The lowest BCUT2D eigenvalue weighted by atomic mass is 10.1. The molecule has 0 radical (unpaired) electrons. The van der Waals surface area contributed by atoms with Crippen molar-refractivity contribution >= 4 is 6.09 Å². The molecular formula is C15H27NO2. The lowest BCUT2D eigenvalue weighted by Crippen LogP contribution is -2.40. The molecule has 0 spiro atoms. The maximum atomic E-state index is 12.2. The summed E-state index contributed by atoms with van der Waals surface area (Å²) in [6.07, 6.45) is 5.24. The van der Waals surface area contributed by atoms with Crippen LogP contribution in [0, 0.1) is 11.8 Å². The lowest BCUT2D eigenvalue weighted by molar-refractivity contribution is 0.0221. The summed E-state index contributed by atoms with van der Waals surface area (Å²) in [5.41, 5.74) is -0.422. The number of hydrogen-bond donors (Lipinski definition) is 0. The molecule has 1 rings (SSSR count). The van der Waals surface area contributed by atoms with E-state index in [1.807, 2.05) is 31.7 Å². The van der Waals surface area contributed by atoms with Gasteiger partial charge in [-0.1, -0.05) is 13.0 Å². The van der Waals surface area contributed by atoms with Gasteiger partial charge >= 0.3 is 6.09 Å². The van der Waals surface area contributed by atoms with Crippen molar-refractivity contribution in [1.82, 2.24) is 4.90 Å². The number of nitrogens with zero attached hydrogens (tertiary/aromatic N) is 1. The van der Waals surface area contributed by atoms with Crippen LogP contribution in [-0.4, -0.2) is 29.7 Å². The van der Waals surface area contributed by atoms with E-state index in [9.17, 15) is 4.79 Å². The van der Waals surface area contributed by atoms with Crippen molar-refractivity contribution in [2.45, 2.75) is 52.6 Å². The fourth-order valence-electron chi connectivity index (χ4n) is 1.82. The molecule has 0 N–H and O–H groups in total. The third-order valence-corrected chi connectivity index (χ3v) is 3.14. The standard InChI is InChI=1S/C15H27NO2/c1-6-12(7-2)10-16(11-13-8-9-13)14(17)18-15(3,4)5/h6,12-13H,1,7-11H2,2-5H3. The fourth-order valence-corrected chi connectivity index (χ4v) is 1.82. The Morgan fingerprint density at radius 3 is 2.50 bits per heavy atom. The Labute approximate surface area is 111 Å². The first kappa shape index (κ1) is 15.1. The molecule has 0 saturated heterocycles. The molecule has 1 fully saturated rings. The van der Waals surface area contributed by atoms with Gasteiger partial charge in [-0.25, -0.2) is 4.79 Å². The summed E-state index contributed by atoms with van der Waals surface area (Å²) in [6.45, 7) is 13.2. The zero-order valence-corrected chi connectivity index (χ0v) is 12.2. The van der Waals surface area contributed by atoms with Crippen LogP contribution in [0.15, 0.2) is 12.7 Å². The molecule has 3 nitrogen and oxygen atoms in total. The first-order valence-corrected chi connectivity index (χ1v) is 6.96. The van der Waals surface area contributed by atoms with Gasteiger partial charge in [-0.05, 0) is 51.9 Å². The van der Waals surface area contributed by atoms with Gasteiger partial charge in [-0.15, -0.1) is 6.58 Å². The van der Waals surface area contributed by atoms with Crippen LogP contribution >= 0.6 is 0 Å². The van der Waals surface area contributed by atoms with Crippen molar-refractivity contribution in [2.24, 2.45) is 11.8 Å². The Kier molecular flexibility index (Phi) is 5.24. The molecule has 0 aromatic rings. The third kappa shape index (κ3) is 5.56. The maximum Gasteiger partial charge on any atom is 0.410 e. The minimum Gasteiger partial charge on any atom is -0.444 e. The van der Waals surface area contributed by atoms with Crippen LogP contribution in [0.1, 0.15) is 47.0 Å². The normalized spacial score (nSPS) is 17.1. The van der Waals surface area contributed by atoms with Crippen molar-refractivity contribution < 1.29 is 9.53 Å². The molecule has 1 aliphatic carbocycles. The van der Waals surface area contributed by atoms with Gasteiger partial charge in [0.1, 0.15) is 5.60 Å². The highest BCUT2D eigenvalue weighted by Gasteiger charge is 2.30. The summed E-state index contributed by atoms with van der Waals surface area (Å²) >= 11 is 0. The summed E-state index contributed by atoms with van der Waals surface area (Å²) < 4.78 is 5.47. The summed E-state index contributed by atoms with van der Waals surface area (Å²) in [5.74, 6) is 1.04. The second-order valence-electron chi connectivity index (χ2n) is 6.23. The number of amides is 1. The van der Waals surface area contributed by atoms with Crippen LogP contribution in [0.5, 0.6) is 0 Å². The van der Waals surface area contributed by atoms with Crippen LogP contribution in [0.2, 0.25) is 0 Å². The zero-order chi connectivity index (χ0) is 13.8. The Bertz CT molecular complexity index is 289. The number of ether oxygens (including phenoxy) is 1. The predicted molar refractivity (Wildman–Crippen MR) is 74.5 cm³/mol. The van der Waals surface area contributed by atoms with Crippen molar-refractivity contribution in [3.63, 3.8) is 0 Å². The minimum absolute atomic E-state index is 0.185. The fraction of sp³-hybridized carbons (Fsp3) is 0.800. The van der Waals surface area contributed by atoms with Crippen LogP contribution in [0.25, 0.3) is 0 Å². The highest BCUT2D eigenvalue weighted by Crippen LogP contribution is 2.30. The Hall–Kier alpha value is -0.990. The number of carbonyl (C=O) groups excluding carboxylic acids is 1. The number of hydrogen-bond acceptors (Lipinski definition) is 2. The highest BCUT2D eigenvalue weighted by atomic mass is 16.6. The van der Waals surface area contributed by atoms with Crippen LogP contribution < -0.4 is 0 Å². The SMILES string of the molecule is C=CC(CC)CN(CC1CC1)C(=O)OC(C)(C)C. The third-order valence-electron chi connectivity index (χ3n) is 3.14. The van der Waals surface area contributed by atoms with Gasteiger partial charge in [0.25, 0.3) is 0 Å². The molecule has 18 heavy (non-hydrogen) atoms. The molecule has 3 heteroatoms. The van der Waals surface area contributed by atoms with Crippen LogP contribution in [-0.2, 0) is 4.74 Å². The first-order chi connectivity index (χ1) is 8.35. The second kappa shape index (κ2) is 6.26. The Balaban J connectivity index is 2.58. The summed E-state index contributed by atoms with van der Waals surface area (Å²) in [4.78, 5) is 14.0. The summed E-state index contributed by atoms with van der Waals surface area (Å²) in [7, 11) is 0. The molecule has 0 aromatic heterocycles. The van der Waals surface area contributed by atoms with Crippen LogP contribution in [0.4, 0.5) is 4.79 Å². The van der Waals surface area contributed by atoms with E-state index in [0.717, 1.165) is 19.5 Å². The van der Waals surface area contributed by atoms with Gasteiger partial charge in [-0.2, -0.15) is 0 Å². The topological polar surface area (TPSA) is 29.5 Å². The first-order valence-electron chi connectivity index (χ1n) is 6.96. The van der Waals surface area contributed by atoms with E-state index in [1.54, 1.807) is 0 Å². The molecule has 1 unspecified atom stereocenters. The Morgan fingerprint density at radius 1 is 1.50 bits per heavy atom. The maximum absolute atomic E-state index is 12.2. The molecule has 0 aromatic carbocycles. The largest absolute Gasteiger partial charge is 0.444 e. The van der Waals surface area contributed by atoms with E-state index >= 15 is 0 Å². The molecule has 1 atom stereocenters. The zero-order valence-electron chi connectivity index (χ0n) is 12.2. The van der Waals surface area contributed by atoms with Gasteiger partial charge in [0, 0.05) is 13.1 Å². The van der Waals surface area contributed by atoms with E-state index in [1.165, 1.54) is 12.8 Å². The highest BCUT2D eigenvalue weighted by molar-refractivity contribution is 5.68. The average Bonchev–Trinajstić information content (AvgIpc) is 3.05. The van der Waals surface area contributed by atoms with Gasteiger partial charge in [0.15, 0.2) is 0 Å². The molecule has 1 aliphatic rings. The molecule has 0 bridgehead atoms. The second-order valence-corrected chi connectivity index (χ2v) is 6.23. The number of rotatable bonds is 6. The molecule has 0 heterocycles. The van der Waals surface area contributed by atoms with Crippen LogP contribution in [0.3, 0.4) is 0 Å². The van der Waals surface area contributed by atoms with Gasteiger partial charge in [0.05, 0.1) is 0 Å². The van der Waals surface area contributed by atoms with Crippen molar-refractivity contribution in [1.29, 1.82) is 0 Å². The molecule has 1 saturated carbocycles. The average molecular weight is 253 g/mol. The Morgan fingerprint density at radius 2 is 2.11 bits per heavy atom. The molecule has 104 valence electrons. The van der Waals surface area contributed by atoms with Gasteiger partial charge in [0.2, 0.25) is 0 Å². The van der Waals surface area contributed by atoms with E-state index in [4.69, 9.17) is 4.74 Å². The molecular weight excluding hydrogens is 226 g/mol. The van der Waals surface area contributed by atoms with E-state index in [0.29, 0.717) is 11.8 Å². The van der Waals surface area contributed by atoms with Gasteiger partial charge < -0.3 is 9.64 Å². The van der Waals surface area contributed by atoms with Crippen molar-refractivity contribution in [2.75, 3.05) is 13.1 Å².